The molecule has 0 bridgehead atoms. The minimum Gasteiger partial charge on any atom is -0.468 e. The summed E-state index contributed by atoms with van der Waals surface area (Å²) in [6.07, 6.45) is 1.06. The Morgan fingerprint density at radius 1 is 1.23 bits per heavy atom. The van der Waals surface area contributed by atoms with E-state index in [1.807, 2.05) is 0 Å². The molecule has 12 heteroatoms. The van der Waals surface area contributed by atoms with Gasteiger partial charge in [-0.2, -0.15) is 4.99 Å². The van der Waals surface area contributed by atoms with Crippen molar-refractivity contribution in [3.05, 3.63) is 62.9 Å². The highest BCUT2D eigenvalue weighted by atomic mass is 32.2. The Labute approximate surface area is 174 Å². The van der Waals surface area contributed by atoms with Crippen LogP contribution >= 0.6 is 11.3 Å². The van der Waals surface area contributed by atoms with Crippen LogP contribution in [0.2, 0.25) is 0 Å². The van der Waals surface area contributed by atoms with Crippen LogP contribution in [0.4, 0.5) is 5.69 Å². The van der Waals surface area contributed by atoms with Gasteiger partial charge in [-0.15, -0.1) is 0 Å². The highest BCUT2D eigenvalue weighted by Gasteiger charge is 2.20. The van der Waals surface area contributed by atoms with Crippen molar-refractivity contribution < 1.29 is 27.7 Å². The maximum atomic E-state index is 12.7. The largest absolute Gasteiger partial charge is 0.468 e. The number of para-hydroxylation sites is 1. The van der Waals surface area contributed by atoms with E-state index in [1.54, 1.807) is 0 Å². The SMILES string of the molecule is COC(=O)Cn1c(=NC(=O)c2ccccc2[N+](=O)[O-])sc2cc(S(C)(=O)=O)ccc21. The average Bonchev–Trinajstić information content (AvgIpc) is 3.03. The monoisotopic (exact) mass is 449 g/mol. The normalized spacial score (nSPS) is 12.1. The average molecular weight is 449 g/mol. The molecule has 0 spiro atoms. The number of hydrogen-bond donors (Lipinski definition) is 0. The van der Waals surface area contributed by atoms with E-state index in [2.05, 4.69) is 9.73 Å². The zero-order valence-electron chi connectivity index (χ0n) is 15.8. The van der Waals surface area contributed by atoms with Crippen molar-refractivity contribution in [2.24, 2.45) is 4.99 Å². The van der Waals surface area contributed by atoms with Gasteiger partial charge in [0.2, 0.25) is 0 Å². The van der Waals surface area contributed by atoms with Crippen molar-refractivity contribution in [3.63, 3.8) is 0 Å². The molecule has 3 rings (SSSR count). The van der Waals surface area contributed by atoms with Crippen molar-refractivity contribution >= 4 is 49.0 Å². The van der Waals surface area contributed by atoms with Crippen LogP contribution in [0, 0.1) is 10.1 Å². The Morgan fingerprint density at radius 3 is 2.57 bits per heavy atom. The minimum absolute atomic E-state index is 0.0676. The summed E-state index contributed by atoms with van der Waals surface area (Å²) in [6, 6.07) is 9.67. The molecule has 3 aromatic rings. The molecule has 0 atom stereocenters. The second-order valence-electron chi connectivity index (χ2n) is 6.14. The van der Waals surface area contributed by atoms with Gasteiger partial charge in [0.05, 0.1) is 27.1 Å². The van der Waals surface area contributed by atoms with Crippen LogP contribution in [0.5, 0.6) is 0 Å². The highest BCUT2D eigenvalue weighted by molar-refractivity contribution is 7.90. The predicted octanol–water partition coefficient (Wildman–Crippen LogP) is 1.93. The first-order valence-electron chi connectivity index (χ1n) is 8.34. The summed E-state index contributed by atoms with van der Waals surface area (Å²) in [6.45, 7) is -0.280. The summed E-state index contributed by atoms with van der Waals surface area (Å²) < 4.78 is 30.2. The fourth-order valence-electron chi connectivity index (χ4n) is 2.68. The maximum Gasteiger partial charge on any atom is 0.325 e. The van der Waals surface area contributed by atoms with Gasteiger partial charge >= 0.3 is 5.97 Å². The Bertz CT molecular complexity index is 1350. The molecule has 0 radical (unpaired) electrons. The van der Waals surface area contributed by atoms with Gasteiger partial charge < -0.3 is 9.30 Å². The first-order valence-corrected chi connectivity index (χ1v) is 11.1. The van der Waals surface area contributed by atoms with Gasteiger partial charge in [0.25, 0.3) is 11.6 Å². The van der Waals surface area contributed by atoms with Crippen molar-refractivity contribution in [1.29, 1.82) is 0 Å². The molecular weight excluding hydrogens is 434 g/mol. The van der Waals surface area contributed by atoms with Gasteiger partial charge in [-0.1, -0.05) is 23.5 Å². The summed E-state index contributed by atoms with van der Waals surface area (Å²) in [7, 11) is -2.27. The number of aromatic nitrogens is 1. The van der Waals surface area contributed by atoms with E-state index in [9.17, 15) is 28.1 Å². The number of benzene rings is 2. The van der Waals surface area contributed by atoms with Crippen LogP contribution in [0.3, 0.4) is 0 Å². The van der Waals surface area contributed by atoms with E-state index in [0.29, 0.717) is 10.2 Å². The van der Waals surface area contributed by atoms with Crippen LogP contribution in [0.1, 0.15) is 10.4 Å². The lowest BCUT2D eigenvalue weighted by atomic mass is 10.2. The molecule has 10 nitrogen and oxygen atoms in total. The number of nitro groups is 1. The van der Waals surface area contributed by atoms with Crippen molar-refractivity contribution in [1.82, 2.24) is 4.57 Å². The number of esters is 1. The lowest BCUT2D eigenvalue weighted by molar-refractivity contribution is -0.385. The van der Waals surface area contributed by atoms with E-state index in [0.717, 1.165) is 17.6 Å². The number of nitro benzene ring substituents is 1. The first-order chi connectivity index (χ1) is 14.1. The molecule has 0 aliphatic heterocycles. The summed E-state index contributed by atoms with van der Waals surface area (Å²) >= 11 is 0.977. The van der Waals surface area contributed by atoms with E-state index in [1.165, 1.54) is 54.1 Å². The quantitative estimate of drug-likeness (QED) is 0.329. The van der Waals surface area contributed by atoms with Gasteiger partial charge in [0, 0.05) is 12.3 Å². The second-order valence-corrected chi connectivity index (χ2v) is 9.16. The summed E-state index contributed by atoms with van der Waals surface area (Å²) in [5, 5.41) is 11.2. The van der Waals surface area contributed by atoms with Crippen molar-refractivity contribution in [3.8, 4) is 0 Å². The molecule has 1 aromatic heterocycles. The molecule has 0 saturated carbocycles. The number of fused-ring (bicyclic) bond motifs is 1. The number of amides is 1. The number of sulfone groups is 1. The zero-order valence-corrected chi connectivity index (χ0v) is 17.4. The standard InChI is InChI=1S/C18H15N3O7S2/c1-28-16(22)10-20-14-8-7-11(30(2,26)27)9-15(14)29-18(20)19-17(23)12-5-3-4-6-13(12)21(24)25/h3-9H,10H2,1-2H3. The van der Waals surface area contributed by atoms with Gasteiger partial charge in [-0.25, -0.2) is 8.42 Å². The third-order valence-corrected chi connectivity index (χ3v) is 6.28. The summed E-state index contributed by atoms with van der Waals surface area (Å²) in [5.74, 6) is -1.47. The lowest BCUT2D eigenvalue weighted by Gasteiger charge is -2.04. The highest BCUT2D eigenvalue weighted by Crippen LogP contribution is 2.23. The molecule has 1 heterocycles. The van der Waals surface area contributed by atoms with E-state index in [4.69, 9.17) is 0 Å². The minimum atomic E-state index is -3.47. The Morgan fingerprint density at radius 2 is 1.93 bits per heavy atom. The topological polar surface area (TPSA) is 138 Å². The summed E-state index contributed by atoms with van der Waals surface area (Å²) in [5.41, 5.74) is -0.139. The van der Waals surface area contributed by atoms with E-state index in [-0.39, 0.29) is 21.8 Å². The number of methoxy groups -OCH3 is 1. The molecule has 1 amide bonds. The van der Waals surface area contributed by atoms with Gasteiger partial charge in [-0.3, -0.25) is 19.7 Å². The molecule has 0 saturated heterocycles. The molecule has 30 heavy (non-hydrogen) atoms. The predicted molar refractivity (Wildman–Crippen MR) is 108 cm³/mol. The van der Waals surface area contributed by atoms with Crippen LogP contribution < -0.4 is 4.80 Å². The maximum absolute atomic E-state index is 12.7. The smallest absolute Gasteiger partial charge is 0.325 e. The molecule has 0 aliphatic carbocycles. The third kappa shape index (κ3) is 4.28. The van der Waals surface area contributed by atoms with Crippen LogP contribution in [-0.4, -0.2) is 43.2 Å². The van der Waals surface area contributed by atoms with Gasteiger partial charge in [-0.05, 0) is 24.3 Å². The number of hydrogen-bond acceptors (Lipinski definition) is 8. The Kier molecular flexibility index (Phi) is 5.80. The van der Waals surface area contributed by atoms with Gasteiger partial charge in [0.15, 0.2) is 14.6 Å². The zero-order chi connectivity index (χ0) is 22.1. The van der Waals surface area contributed by atoms with E-state index < -0.39 is 32.3 Å². The Balaban J connectivity index is 2.23. The fourth-order valence-corrected chi connectivity index (χ4v) is 4.47. The van der Waals surface area contributed by atoms with Crippen LogP contribution in [-0.2, 0) is 25.9 Å². The van der Waals surface area contributed by atoms with Gasteiger partial charge in [0.1, 0.15) is 12.1 Å². The number of nitrogens with zero attached hydrogens (tertiary/aromatic N) is 3. The molecular formula is C18H15N3O7S2. The molecule has 0 fully saturated rings. The number of rotatable bonds is 5. The van der Waals surface area contributed by atoms with Crippen molar-refractivity contribution in [2.75, 3.05) is 13.4 Å². The van der Waals surface area contributed by atoms with Crippen molar-refractivity contribution in [2.45, 2.75) is 11.4 Å². The Hall–Kier alpha value is -3.38. The number of ether oxygens (including phenoxy) is 1. The number of carbonyl (C=O) groups is 2. The summed E-state index contributed by atoms with van der Waals surface area (Å²) in [4.78, 5) is 39.1. The molecule has 0 unspecified atom stereocenters. The molecule has 2 aromatic carbocycles. The number of thiazole rings is 1. The van der Waals surface area contributed by atoms with Crippen LogP contribution in [0.15, 0.2) is 52.4 Å². The molecule has 0 aliphatic rings. The number of carbonyl (C=O) groups excluding carboxylic acids is 2. The molecule has 0 N–H and O–H groups in total. The fraction of sp³-hybridized carbons (Fsp3) is 0.167. The third-order valence-electron chi connectivity index (χ3n) is 4.13. The van der Waals surface area contributed by atoms with Crippen LogP contribution in [0.25, 0.3) is 10.2 Å². The lowest BCUT2D eigenvalue weighted by Crippen LogP contribution is -2.22. The first kappa shape index (κ1) is 21.3. The molecule has 156 valence electrons. The second kappa shape index (κ2) is 8.16. The van der Waals surface area contributed by atoms with E-state index >= 15 is 0 Å².